The summed E-state index contributed by atoms with van der Waals surface area (Å²) in [5.41, 5.74) is 12.5. The van der Waals surface area contributed by atoms with Crippen molar-refractivity contribution in [1.29, 1.82) is 0 Å². The van der Waals surface area contributed by atoms with Crippen molar-refractivity contribution in [3.05, 3.63) is 161 Å². The van der Waals surface area contributed by atoms with Crippen LogP contribution in [0, 0.1) is 25.0 Å². The van der Waals surface area contributed by atoms with Gasteiger partial charge in [0.2, 0.25) is 23.7 Å². The fourth-order valence-corrected chi connectivity index (χ4v) is 7.71. The molecule has 16 nitrogen and oxygen atoms in total. The molecule has 2 aromatic carbocycles. The summed E-state index contributed by atoms with van der Waals surface area (Å²) in [6.07, 6.45) is 6.47. The summed E-state index contributed by atoms with van der Waals surface area (Å²) in [6, 6.07) is 23.3. The van der Waals surface area contributed by atoms with E-state index in [0.29, 0.717) is 63.8 Å². The summed E-state index contributed by atoms with van der Waals surface area (Å²) < 4.78 is 26.5. The summed E-state index contributed by atoms with van der Waals surface area (Å²) >= 11 is 0. The van der Waals surface area contributed by atoms with Crippen molar-refractivity contribution in [3.8, 4) is 22.3 Å². The van der Waals surface area contributed by atoms with Gasteiger partial charge in [-0.25, -0.2) is 24.6 Å². The van der Waals surface area contributed by atoms with E-state index in [0.717, 1.165) is 56.2 Å². The topological polar surface area (TPSA) is 188 Å². The smallest absolute Gasteiger partial charge is 0.307 e. The minimum atomic E-state index is -0.960. The second-order valence-corrected chi connectivity index (χ2v) is 16.1. The van der Waals surface area contributed by atoms with Crippen LogP contribution in [0.5, 0.6) is 0 Å². The van der Waals surface area contributed by atoms with E-state index < -0.39 is 17.9 Å². The first-order valence-electron chi connectivity index (χ1n) is 21.8. The van der Waals surface area contributed by atoms with Gasteiger partial charge in [-0.05, 0) is 76.3 Å². The normalized spacial score (nSPS) is 13.1. The molecule has 0 spiro atoms. The number of Topliss-reactive ketones (excluding diaryl/α,β-unsaturated/α-hetero) is 1. The number of carbonyl (C=O) groups is 4. The first kappa shape index (κ1) is 49.8. The predicted octanol–water partition coefficient (Wildman–Crippen LogP) is 7.25. The first-order valence-corrected chi connectivity index (χ1v) is 21.8. The van der Waals surface area contributed by atoms with Crippen molar-refractivity contribution in [2.45, 2.75) is 33.1 Å². The van der Waals surface area contributed by atoms with Crippen LogP contribution in [0.15, 0.2) is 110 Å². The second-order valence-electron chi connectivity index (χ2n) is 16.1. The molecule has 8 rings (SSSR count). The molecular formula is C51H49F2N11O5. The fraction of sp³-hybridized carbons (Fsp3) is 0.255. The SMILES string of the molecule is CC(=O)N1CCN(c2ccc(N)nc2)CC1.[C-]#[N+]c1cc(CC(=O)Cc2ccc(N3CCN(C(C)=O)CC3)cn2)ccc1-c1ccnc(F)c1.[C-]#[N+]c1cc(CC(=O)O)ccc1-c1ccnc(F)c1. The number of benzene rings is 2. The molecule has 4 aromatic heterocycles. The molecule has 2 fully saturated rings. The lowest BCUT2D eigenvalue weighted by molar-refractivity contribution is -0.136. The van der Waals surface area contributed by atoms with Crippen molar-refractivity contribution < 1.29 is 33.1 Å². The number of aromatic nitrogens is 4. The maximum absolute atomic E-state index is 13.5. The fourth-order valence-electron chi connectivity index (χ4n) is 7.71. The van der Waals surface area contributed by atoms with E-state index in [-0.39, 0.29) is 36.9 Å². The molecule has 352 valence electrons. The molecule has 2 aliphatic heterocycles. The van der Waals surface area contributed by atoms with Crippen LogP contribution in [0.4, 0.5) is 37.3 Å². The number of ketones is 1. The molecule has 0 unspecified atom stereocenters. The molecule has 0 aliphatic carbocycles. The van der Waals surface area contributed by atoms with E-state index in [9.17, 15) is 28.0 Å². The maximum Gasteiger partial charge on any atom is 0.307 e. The molecule has 0 radical (unpaired) electrons. The minimum absolute atomic E-state index is 0.00559. The Hall–Kier alpha value is -8.64. The molecule has 3 N–H and O–H groups in total. The van der Waals surface area contributed by atoms with Gasteiger partial charge < -0.3 is 30.4 Å². The van der Waals surface area contributed by atoms with Crippen LogP contribution in [0.2, 0.25) is 0 Å². The number of carboxylic acid groups (broad SMARTS) is 1. The molecular weight excluding hydrogens is 885 g/mol. The zero-order valence-corrected chi connectivity index (χ0v) is 38.1. The van der Waals surface area contributed by atoms with Gasteiger partial charge in [-0.15, -0.1) is 0 Å². The monoisotopic (exact) mass is 933 g/mol. The molecule has 0 bridgehead atoms. The zero-order chi connectivity index (χ0) is 49.5. The Morgan fingerprint density at radius 1 is 0.594 bits per heavy atom. The van der Waals surface area contributed by atoms with E-state index in [1.807, 2.05) is 28.0 Å². The molecule has 2 amide bonds. The van der Waals surface area contributed by atoms with Crippen molar-refractivity contribution in [2.24, 2.45) is 0 Å². The largest absolute Gasteiger partial charge is 0.481 e. The lowest BCUT2D eigenvalue weighted by Gasteiger charge is -2.35. The number of hydrogen-bond acceptors (Lipinski definition) is 11. The molecule has 6 aromatic rings. The van der Waals surface area contributed by atoms with E-state index in [1.165, 1.54) is 30.6 Å². The van der Waals surface area contributed by atoms with Gasteiger partial charge in [-0.3, -0.25) is 24.2 Å². The third-order valence-electron chi connectivity index (χ3n) is 11.3. The lowest BCUT2D eigenvalue weighted by Crippen LogP contribution is -2.48. The van der Waals surface area contributed by atoms with Crippen LogP contribution >= 0.6 is 0 Å². The van der Waals surface area contributed by atoms with Crippen molar-refractivity contribution in [1.82, 2.24) is 29.7 Å². The predicted molar refractivity (Wildman–Crippen MR) is 257 cm³/mol. The summed E-state index contributed by atoms with van der Waals surface area (Å²) in [5.74, 6) is -1.42. The van der Waals surface area contributed by atoms with Gasteiger partial charge in [-0.1, -0.05) is 42.0 Å². The number of halogens is 2. The van der Waals surface area contributed by atoms with E-state index in [4.69, 9.17) is 24.0 Å². The van der Waals surface area contributed by atoms with E-state index in [2.05, 4.69) is 39.4 Å². The van der Waals surface area contributed by atoms with Crippen molar-refractivity contribution in [2.75, 3.05) is 67.9 Å². The molecule has 6 heterocycles. The maximum atomic E-state index is 13.5. The number of piperazine rings is 2. The van der Waals surface area contributed by atoms with Crippen LogP contribution in [0.25, 0.3) is 31.9 Å². The number of amides is 2. The Morgan fingerprint density at radius 3 is 1.45 bits per heavy atom. The number of anilines is 3. The van der Waals surface area contributed by atoms with Gasteiger partial charge >= 0.3 is 5.97 Å². The van der Waals surface area contributed by atoms with Crippen LogP contribution in [-0.4, -0.2) is 111 Å². The summed E-state index contributed by atoms with van der Waals surface area (Å²) in [7, 11) is 0. The van der Waals surface area contributed by atoms with Crippen LogP contribution in [0.3, 0.4) is 0 Å². The Morgan fingerprint density at radius 2 is 1.06 bits per heavy atom. The summed E-state index contributed by atoms with van der Waals surface area (Å²) in [4.78, 5) is 76.4. The summed E-state index contributed by atoms with van der Waals surface area (Å²) in [5, 5.41) is 8.72. The molecule has 2 aliphatic rings. The third-order valence-corrected chi connectivity index (χ3v) is 11.3. The molecule has 0 saturated carbocycles. The Labute approximate surface area is 398 Å². The number of pyridine rings is 4. The molecule has 0 atom stereocenters. The molecule has 2 saturated heterocycles. The van der Waals surface area contributed by atoms with Gasteiger partial charge in [0.15, 0.2) is 11.4 Å². The highest BCUT2D eigenvalue weighted by Gasteiger charge is 2.21. The average Bonchev–Trinajstić information content (AvgIpc) is 3.34. The Bertz CT molecular complexity index is 2870. The summed E-state index contributed by atoms with van der Waals surface area (Å²) in [6.45, 7) is 24.0. The average molecular weight is 934 g/mol. The van der Waals surface area contributed by atoms with Crippen LogP contribution < -0.4 is 15.5 Å². The number of nitrogen functional groups attached to an aromatic ring is 1. The van der Waals surface area contributed by atoms with Gasteiger partial charge in [0.05, 0.1) is 43.3 Å². The Kier molecular flexibility index (Phi) is 17.1. The van der Waals surface area contributed by atoms with E-state index >= 15 is 0 Å². The van der Waals surface area contributed by atoms with Crippen molar-refractivity contribution in [3.63, 3.8) is 0 Å². The Balaban J connectivity index is 0.000000188. The van der Waals surface area contributed by atoms with Gasteiger partial charge in [-0.2, -0.15) is 8.78 Å². The number of hydrogen-bond donors (Lipinski definition) is 2. The number of rotatable bonds is 10. The van der Waals surface area contributed by atoms with Gasteiger partial charge in [0.25, 0.3) is 0 Å². The number of carboxylic acids is 1. The first-order chi connectivity index (χ1) is 33.2. The van der Waals surface area contributed by atoms with Crippen LogP contribution in [-0.2, 0) is 38.4 Å². The minimum Gasteiger partial charge on any atom is -0.481 e. The number of nitrogens with zero attached hydrogens (tertiary/aromatic N) is 10. The highest BCUT2D eigenvalue weighted by atomic mass is 19.1. The molecule has 69 heavy (non-hydrogen) atoms. The molecule has 18 heteroatoms. The lowest BCUT2D eigenvalue weighted by atomic mass is 9.99. The highest BCUT2D eigenvalue weighted by molar-refractivity contribution is 5.85. The zero-order valence-electron chi connectivity index (χ0n) is 38.1. The third kappa shape index (κ3) is 14.2. The highest BCUT2D eigenvalue weighted by Crippen LogP contribution is 2.33. The number of nitrogens with two attached hydrogens (primary N) is 1. The van der Waals surface area contributed by atoms with Gasteiger partial charge in [0, 0.05) is 97.1 Å². The van der Waals surface area contributed by atoms with Crippen molar-refractivity contribution >= 4 is 52.1 Å². The van der Waals surface area contributed by atoms with E-state index in [1.54, 1.807) is 74.8 Å². The second kappa shape index (κ2) is 23.7. The van der Waals surface area contributed by atoms with Gasteiger partial charge in [0.1, 0.15) is 11.6 Å². The quantitative estimate of drug-likeness (QED) is 0.104. The number of carbonyl (C=O) groups excluding carboxylic acids is 3. The van der Waals surface area contributed by atoms with Crippen LogP contribution in [0.1, 0.15) is 30.7 Å². The standard InChI is InChI=1S/C26H24FN5O2.C14H9FN2O2.C11H16N4O/c1-18(33)31-9-11-32(12-10-31)22-5-4-21(30-17-22)16-23(34)13-19-3-6-24(25(14-19)28-2)20-7-8-29-26(27)15-20;1-16-12-6-9(7-14(18)19)2-3-11(12)10-4-5-17-13(15)8-10;1-9(16)14-4-6-15(7-5-14)10-2-3-11(12)13-8-10/h3-8,14-15,17H,9-13,16H2,1H3;2-6,8H,7H2,(H,18,19);2-3,8H,4-7H2,1H3,(H2,12,13). The number of aliphatic carboxylic acids is 1.